The normalized spacial score (nSPS) is 15.7. The van der Waals surface area contributed by atoms with Crippen LogP contribution in [-0.4, -0.2) is 41.8 Å². The van der Waals surface area contributed by atoms with Gasteiger partial charge in [-0.2, -0.15) is 0 Å². The van der Waals surface area contributed by atoms with Crippen LogP contribution in [0.1, 0.15) is 110 Å². The van der Waals surface area contributed by atoms with E-state index in [-0.39, 0.29) is 12.4 Å². The summed E-state index contributed by atoms with van der Waals surface area (Å²) >= 11 is 0. The average molecular weight is 403 g/mol. The second-order valence-corrected chi connectivity index (χ2v) is 8.41. The maximum absolute atomic E-state index is 9.27. The number of nitrogens with zero attached hydrogens (tertiary/aromatic N) is 1. The lowest BCUT2D eigenvalue weighted by atomic mass is 9.93. The molecule has 0 amide bonds. The topological polar surface area (TPSA) is 35.3 Å². The number of hydrogen-bond donors (Lipinski definition) is 2. The van der Waals surface area contributed by atoms with Crippen molar-refractivity contribution in [3.8, 4) is 0 Å². The minimum Gasteiger partial charge on any atom is -1.00 e. The Morgan fingerprint density at radius 3 is 1.81 bits per heavy atom. The van der Waals surface area contributed by atoms with Crippen LogP contribution in [0.2, 0.25) is 0 Å². The van der Waals surface area contributed by atoms with Crippen LogP contribution in [0.4, 0.5) is 0 Å². The molecular formula is C23H47ClN2O. The van der Waals surface area contributed by atoms with Crippen LogP contribution >= 0.6 is 0 Å². The van der Waals surface area contributed by atoms with Crippen molar-refractivity contribution in [2.24, 2.45) is 5.92 Å². The predicted octanol–water partition coefficient (Wildman–Crippen LogP) is 2.50. The Morgan fingerprint density at radius 1 is 0.852 bits per heavy atom. The summed E-state index contributed by atoms with van der Waals surface area (Å²) in [5, 5.41) is 12.6. The maximum atomic E-state index is 9.27. The van der Waals surface area contributed by atoms with Gasteiger partial charge in [-0.3, -0.25) is 9.89 Å². The van der Waals surface area contributed by atoms with E-state index in [0.29, 0.717) is 18.6 Å². The molecule has 0 aromatic carbocycles. The summed E-state index contributed by atoms with van der Waals surface area (Å²) in [6, 6.07) is 0.602. The van der Waals surface area contributed by atoms with Gasteiger partial charge in [-0.15, -0.1) is 0 Å². The molecule has 0 bridgehead atoms. The molecule has 2 N–H and O–H groups in total. The summed E-state index contributed by atoms with van der Waals surface area (Å²) in [6.07, 6.45) is 22.8. The van der Waals surface area contributed by atoms with Crippen molar-refractivity contribution >= 4 is 6.34 Å². The molecule has 2 atom stereocenters. The third-order valence-corrected chi connectivity index (χ3v) is 6.04. The molecule has 2 unspecified atom stereocenters. The van der Waals surface area contributed by atoms with Gasteiger partial charge in [0.2, 0.25) is 6.34 Å². The quantitative estimate of drug-likeness (QED) is 0.273. The lowest BCUT2D eigenvalue weighted by Gasteiger charge is -2.22. The summed E-state index contributed by atoms with van der Waals surface area (Å²) in [6.45, 7) is 7.10. The first-order valence-corrected chi connectivity index (χ1v) is 11.7. The molecule has 0 fully saturated rings. The van der Waals surface area contributed by atoms with E-state index < -0.39 is 0 Å². The van der Waals surface area contributed by atoms with Gasteiger partial charge in [-0.05, 0) is 25.2 Å². The molecular weight excluding hydrogens is 356 g/mol. The van der Waals surface area contributed by atoms with Gasteiger partial charge < -0.3 is 17.5 Å². The number of rotatable bonds is 18. The second-order valence-electron chi connectivity index (χ2n) is 8.41. The van der Waals surface area contributed by atoms with E-state index in [1.165, 1.54) is 89.9 Å². The van der Waals surface area contributed by atoms with Crippen LogP contribution in [0, 0.1) is 5.92 Å². The molecule has 3 nitrogen and oxygen atoms in total. The standard InChI is InChI=1S/C23H46N2O.ClH/c1-3-4-5-6-7-8-9-10-11-12-13-14-15-16-23(22(2)17-20-26)25-19-18-24-21-25;/h21-23,26H,3-20H2,1-2H3;1H. The number of halogens is 1. The lowest BCUT2D eigenvalue weighted by molar-refractivity contribution is -0.563. The van der Waals surface area contributed by atoms with Crippen molar-refractivity contribution in [1.82, 2.24) is 5.32 Å². The molecule has 0 saturated heterocycles. The van der Waals surface area contributed by atoms with Crippen LogP contribution in [0.3, 0.4) is 0 Å². The van der Waals surface area contributed by atoms with Gasteiger partial charge in [0.25, 0.3) is 0 Å². The number of unbranched alkanes of at least 4 members (excludes halogenated alkanes) is 12. The summed E-state index contributed by atoms with van der Waals surface area (Å²) in [7, 11) is 0. The van der Waals surface area contributed by atoms with Gasteiger partial charge in [0.1, 0.15) is 13.1 Å². The molecule has 4 heteroatoms. The van der Waals surface area contributed by atoms with Crippen molar-refractivity contribution in [1.29, 1.82) is 0 Å². The first-order chi connectivity index (χ1) is 12.8. The van der Waals surface area contributed by atoms with Crippen molar-refractivity contribution in [3.05, 3.63) is 0 Å². The van der Waals surface area contributed by atoms with E-state index >= 15 is 0 Å². The maximum Gasteiger partial charge on any atom is 0.232 e. The number of nitrogens with one attached hydrogen (secondary N) is 1. The molecule has 1 rings (SSSR count). The van der Waals surface area contributed by atoms with Crippen molar-refractivity contribution in [2.75, 3.05) is 19.7 Å². The number of aliphatic hydroxyl groups is 1. The molecule has 27 heavy (non-hydrogen) atoms. The smallest absolute Gasteiger partial charge is 0.232 e. The first kappa shape index (κ1) is 26.7. The molecule has 0 saturated carbocycles. The number of hydrogen-bond acceptors (Lipinski definition) is 2. The van der Waals surface area contributed by atoms with E-state index in [2.05, 4.69) is 30.1 Å². The molecule has 0 radical (unpaired) electrons. The molecule has 162 valence electrons. The van der Waals surface area contributed by atoms with Crippen LogP contribution in [0.25, 0.3) is 0 Å². The van der Waals surface area contributed by atoms with Gasteiger partial charge in [-0.1, -0.05) is 90.9 Å². The van der Waals surface area contributed by atoms with E-state index in [4.69, 9.17) is 0 Å². The molecule has 0 spiro atoms. The Morgan fingerprint density at radius 2 is 1.37 bits per heavy atom. The van der Waals surface area contributed by atoms with E-state index in [1.807, 2.05) is 0 Å². The monoisotopic (exact) mass is 402 g/mol. The third kappa shape index (κ3) is 13.5. The lowest BCUT2D eigenvalue weighted by Crippen LogP contribution is -3.00. The number of aliphatic hydroxyl groups excluding tert-OH is 1. The zero-order chi connectivity index (χ0) is 18.9. The van der Waals surface area contributed by atoms with Gasteiger partial charge in [0, 0.05) is 6.61 Å². The van der Waals surface area contributed by atoms with Gasteiger partial charge >= 0.3 is 0 Å². The van der Waals surface area contributed by atoms with Crippen LogP contribution in [-0.2, 0) is 0 Å². The SMILES string of the molecule is CCCCCCCCCCCCCCCC(C(C)CCO)[N+]1=CNCC1.[Cl-]. The fraction of sp³-hybridized carbons (Fsp3) is 0.957. The molecule has 1 aliphatic rings. The zero-order valence-electron chi connectivity index (χ0n) is 18.2. The van der Waals surface area contributed by atoms with Crippen LogP contribution in [0.15, 0.2) is 0 Å². The summed E-state index contributed by atoms with van der Waals surface area (Å²) in [5.74, 6) is 0.577. The fourth-order valence-corrected chi connectivity index (χ4v) is 4.25. The van der Waals surface area contributed by atoms with Crippen molar-refractivity contribution < 1.29 is 22.1 Å². The van der Waals surface area contributed by atoms with Crippen LogP contribution in [0.5, 0.6) is 0 Å². The van der Waals surface area contributed by atoms with Crippen molar-refractivity contribution in [3.63, 3.8) is 0 Å². The highest BCUT2D eigenvalue weighted by Crippen LogP contribution is 2.19. The van der Waals surface area contributed by atoms with E-state index in [0.717, 1.165) is 19.5 Å². The molecule has 1 heterocycles. The van der Waals surface area contributed by atoms with Gasteiger partial charge in [0.15, 0.2) is 0 Å². The second kappa shape index (κ2) is 19.1. The third-order valence-electron chi connectivity index (χ3n) is 6.04. The highest BCUT2D eigenvalue weighted by atomic mass is 35.5. The highest BCUT2D eigenvalue weighted by Gasteiger charge is 2.25. The van der Waals surface area contributed by atoms with Gasteiger partial charge in [0.05, 0.1) is 6.04 Å². The van der Waals surface area contributed by atoms with Crippen LogP contribution < -0.4 is 17.7 Å². The minimum absolute atomic E-state index is 0. The Labute approximate surface area is 175 Å². The Bertz CT molecular complexity index is 349. The Kier molecular flexibility index (Phi) is 18.9. The minimum atomic E-state index is 0. The molecule has 0 aromatic heterocycles. The van der Waals surface area contributed by atoms with Crippen molar-refractivity contribution in [2.45, 2.75) is 116 Å². The summed E-state index contributed by atoms with van der Waals surface area (Å²) in [4.78, 5) is 0. The van der Waals surface area contributed by atoms with Gasteiger partial charge in [-0.25, -0.2) is 0 Å². The Balaban J connectivity index is 0.00000676. The molecule has 1 aliphatic heterocycles. The largest absolute Gasteiger partial charge is 1.00 e. The van der Waals surface area contributed by atoms with E-state index in [1.54, 1.807) is 0 Å². The van der Waals surface area contributed by atoms with E-state index in [9.17, 15) is 5.11 Å². The predicted molar refractivity (Wildman–Crippen MR) is 114 cm³/mol. The summed E-state index contributed by atoms with van der Waals surface area (Å²) < 4.78 is 2.47. The zero-order valence-corrected chi connectivity index (χ0v) is 19.0. The Hall–Kier alpha value is -0.280. The average Bonchev–Trinajstić information content (AvgIpc) is 3.16. The molecule has 0 aliphatic carbocycles. The first-order valence-electron chi connectivity index (χ1n) is 11.7. The summed E-state index contributed by atoms with van der Waals surface area (Å²) in [5.41, 5.74) is 0. The fourth-order valence-electron chi connectivity index (χ4n) is 4.25. The highest BCUT2D eigenvalue weighted by molar-refractivity contribution is 5.49. The molecule has 0 aromatic rings.